The van der Waals surface area contributed by atoms with Gasteiger partial charge in [-0.3, -0.25) is 9.80 Å². The van der Waals surface area contributed by atoms with E-state index in [1.165, 1.54) is 83.4 Å². The van der Waals surface area contributed by atoms with Crippen molar-refractivity contribution >= 4 is 0 Å². The van der Waals surface area contributed by atoms with Crippen LogP contribution in [-0.4, -0.2) is 72.7 Å². The van der Waals surface area contributed by atoms with Crippen molar-refractivity contribution in [3.8, 4) is 5.75 Å². The van der Waals surface area contributed by atoms with Crippen LogP contribution < -0.4 is 4.74 Å². The molecule has 5 rings (SSSR count). The maximum atomic E-state index is 6.00. The largest absolute Gasteiger partial charge is 0.494 e. The highest BCUT2D eigenvalue weighted by atomic mass is 16.5. The lowest BCUT2D eigenvalue weighted by Gasteiger charge is -2.39. The first-order valence-electron chi connectivity index (χ1n) is 13.1. The van der Waals surface area contributed by atoms with Crippen LogP contribution in [0.25, 0.3) is 0 Å². The van der Waals surface area contributed by atoms with Crippen LogP contribution in [0.1, 0.15) is 50.5 Å². The van der Waals surface area contributed by atoms with Gasteiger partial charge in [-0.2, -0.15) is 0 Å². The summed E-state index contributed by atoms with van der Waals surface area (Å²) in [5, 5.41) is 0. The molecule has 174 valence electrons. The predicted octanol–water partition coefficient (Wildman–Crippen LogP) is 4.72. The third-order valence-electron chi connectivity index (χ3n) is 8.01. The van der Waals surface area contributed by atoms with Gasteiger partial charge in [0.15, 0.2) is 0 Å². The fourth-order valence-corrected chi connectivity index (χ4v) is 6.16. The summed E-state index contributed by atoms with van der Waals surface area (Å²) < 4.78 is 6.00. The number of rotatable bonds is 8. The normalized spacial score (nSPS) is 27.6. The van der Waals surface area contributed by atoms with Gasteiger partial charge in [-0.05, 0) is 94.9 Å². The van der Waals surface area contributed by atoms with Gasteiger partial charge in [0.1, 0.15) is 5.75 Å². The summed E-state index contributed by atoms with van der Waals surface area (Å²) in [7, 11) is 0. The van der Waals surface area contributed by atoms with Crippen LogP contribution in [0.3, 0.4) is 0 Å². The van der Waals surface area contributed by atoms with Gasteiger partial charge in [0, 0.05) is 25.2 Å². The van der Waals surface area contributed by atoms with Crippen LogP contribution in [0.5, 0.6) is 5.75 Å². The van der Waals surface area contributed by atoms with Crippen molar-refractivity contribution in [2.24, 2.45) is 5.92 Å². The molecule has 1 aliphatic carbocycles. The Morgan fingerprint density at radius 3 is 2.38 bits per heavy atom. The molecule has 2 atom stereocenters. The highest BCUT2D eigenvalue weighted by molar-refractivity contribution is 5.27. The van der Waals surface area contributed by atoms with Crippen LogP contribution in [0.4, 0.5) is 0 Å². The van der Waals surface area contributed by atoms with Gasteiger partial charge in [-0.25, -0.2) is 0 Å². The zero-order chi connectivity index (χ0) is 21.6. The molecule has 4 aliphatic rings. The Morgan fingerprint density at radius 1 is 0.781 bits per heavy atom. The lowest BCUT2D eigenvalue weighted by Crippen LogP contribution is -2.47. The van der Waals surface area contributed by atoms with Crippen LogP contribution >= 0.6 is 0 Å². The van der Waals surface area contributed by atoms with Crippen molar-refractivity contribution in [1.29, 1.82) is 0 Å². The smallest absolute Gasteiger partial charge is 0.119 e. The van der Waals surface area contributed by atoms with E-state index in [1.54, 1.807) is 0 Å². The van der Waals surface area contributed by atoms with Crippen LogP contribution in [0.2, 0.25) is 0 Å². The first-order chi connectivity index (χ1) is 15.8. The van der Waals surface area contributed by atoms with E-state index < -0.39 is 0 Å². The zero-order valence-corrected chi connectivity index (χ0v) is 19.7. The minimum absolute atomic E-state index is 0.656. The molecule has 0 N–H and O–H groups in total. The Bertz CT molecular complexity index is 759. The lowest BCUT2D eigenvalue weighted by molar-refractivity contribution is 0.104. The van der Waals surface area contributed by atoms with E-state index in [-0.39, 0.29) is 0 Å². The average molecular weight is 436 g/mol. The number of piperidine rings is 2. The average Bonchev–Trinajstić information content (AvgIpc) is 3.28. The molecule has 1 aromatic carbocycles. The van der Waals surface area contributed by atoms with E-state index >= 15 is 0 Å². The summed E-state index contributed by atoms with van der Waals surface area (Å²) in [5.74, 6) is 1.77. The number of hydrogen-bond acceptors (Lipinski definition) is 4. The number of nitrogens with zero attached hydrogens (tertiary/aromatic N) is 3. The number of benzene rings is 1. The molecule has 0 saturated carbocycles. The molecule has 3 saturated heterocycles. The molecule has 3 aliphatic heterocycles. The lowest BCUT2D eigenvalue weighted by atomic mass is 9.94. The van der Waals surface area contributed by atoms with Crippen LogP contribution in [0, 0.1) is 5.92 Å². The molecular weight excluding hydrogens is 394 g/mol. The molecule has 0 bridgehead atoms. The predicted molar refractivity (Wildman–Crippen MR) is 132 cm³/mol. The van der Waals surface area contributed by atoms with Crippen LogP contribution in [-0.2, 0) is 6.54 Å². The molecular formula is C28H41N3O. The monoisotopic (exact) mass is 435 g/mol. The molecule has 0 spiro atoms. The zero-order valence-electron chi connectivity index (χ0n) is 19.7. The van der Waals surface area contributed by atoms with Crippen molar-refractivity contribution < 1.29 is 4.74 Å². The third kappa shape index (κ3) is 5.65. The molecule has 0 aromatic heterocycles. The standard InChI is InChI=1S/C28H41N3O/c1-4-16-29(17-5-1)18-6-22-32-27-11-9-24(10-12-27)23-30-19-14-26(15-20-30)31-21-13-25-7-2-3-8-28(25)31/h2-3,7-12,25-26,28H,1,4-6,13-23H2. The van der Waals surface area contributed by atoms with Gasteiger partial charge in [0.2, 0.25) is 0 Å². The topological polar surface area (TPSA) is 19.0 Å². The van der Waals surface area contributed by atoms with Crippen molar-refractivity contribution in [3.05, 3.63) is 54.1 Å². The number of ether oxygens (including phenoxy) is 1. The molecule has 1 aromatic rings. The Balaban J connectivity index is 1.01. The van der Waals surface area contributed by atoms with Gasteiger partial charge in [-0.1, -0.05) is 42.9 Å². The highest BCUT2D eigenvalue weighted by Crippen LogP contribution is 2.33. The summed E-state index contributed by atoms with van der Waals surface area (Å²) in [6.07, 6.45) is 18.5. The molecule has 3 heterocycles. The maximum Gasteiger partial charge on any atom is 0.119 e. The number of likely N-dealkylation sites (tertiary alicyclic amines) is 3. The second-order valence-corrected chi connectivity index (χ2v) is 10.2. The second kappa shape index (κ2) is 11.0. The first kappa shape index (κ1) is 22.2. The number of fused-ring (bicyclic) bond motifs is 1. The summed E-state index contributed by atoms with van der Waals surface area (Å²) in [6, 6.07) is 10.3. The van der Waals surface area contributed by atoms with E-state index in [2.05, 4.69) is 63.3 Å². The van der Waals surface area contributed by atoms with E-state index in [9.17, 15) is 0 Å². The van der Waals surface area contributed by atoms with Gasteiger partial charge in [0.25, 0.3) is 0 Å². The second-order valence-electron chi connectivity index (χ2n) is 10.2. The van der Waals surface area contributed by atoms with Crippen molar-refractivity contribution in [2.75, 3.05) is 45.9 Å². The molecule has 0 radical (unpaired) electrons. The van der Waals surface area contributed by atoms with Crippen molar-refractivity contribution in [1.82, 2.24) is 14.7 Å². The number of allylic oxidation sites excluding steroid dienone is 2. The molecule has 3 fully saturated rings. The van der Waals surface area contributed by atoms with Crippen molar-refractivity contribution in [3.63, 3.8) is 0 Å². The summed E-state index contributed by atoms with van der Waals surface area (Å²) in [4.78, 5) is 8.01. The van der Waals surface area contributed by atoms with E-state index in [0.717, 1.165) is 37.3 Å². The van der Waals surface area contributed by atoms with Gasteiger partial charge in [0.05, 0.1) is 6.61 Å². The van der Waals surface area contributed by atoms with Gasteiger partial charge >= 0.3 is 0 Å². The van der Waals surface area contributed by atoms with E-state index in [0.29, 0.717) is 6.04 Å². The van der Waals surface area contributed by atoms with Gasteiger partial charge < -0.3 is 9.64 Å². The summed E-state index contributed by atoms with van der Waals surface area (Å²) in [5.41, 5.74) is 1.41. The SMILES string of the molecule is C1=CC2CCN(C3CCN(Cc4ccc(OCCCN5CCCCC5)cc4)CC3)C2C=C1. The highest BCUT2D eigenvalue weighted by Gasteiger charge is 2.37. The fraction of sp³-hybridized carbons (Fsp3) is 0.643. The Kier molecular flexibility index (Phi) is 7.63. The molecule has 4 heteroatoms. The minimum atomic E-state index is 0.656. The third-order valence-corrected chi connectivity index (χ3v) is 8.01. The molecule has 32 heavy (non-hydrogen) atoms. The van der Waals surface area contributed by atoms with E-state index in [4.69, 9.17) is 4.74 Å². The first-order valence-corrected chi connectivity index (χ1v) is 13.1. The van der Waals surface area contributed by atoms with Gasteiger partial charge in [-0.15, -0.1) is 0 Å². The molecule has 2 unspecified atom stereocenters. The number of hydrogen-bond donors (Lipinski definition) is 0. The maximum absolute atomic E-state index is 6.00. The minimum Gasteiger partial charge on any atom is -0.494 e. The summed E-state index contributed by atoms with van der Waals surface area (Å²) >= 11 is 0. The fourth-order valence-electron chi connectivity index (χ4n) is 6.16. The molecule has 0 amide bonds. The van der Waals surface area contributed by atoms with E-state index in [1.807, 2.05) is 0 Å². The Labute approximate surface area is 194 Å². The molecule has 4 nitrogen and oxygen atoms in total. The Hall–Kier alpha value is -1.62. The summed E-state index contributed by atoms with van der Waals surface area (Å²) in [6.45, 7) is 9.33. The Morgan fingerprint density at radius 2 is 1.56 bits per heavy atom. The quantitative estimate of drug-likeness (QED) is 0.550. The van der Waals surface area contributed by atoms with Crippen molar-refractivity contribution in [2.45, 2.75) is 63.6 Å². The van der Waals surface area contributed by atoms with Crippen LogP contribution in [0.15, 0.2) is 48.6 Å².